The third-order valence-corrected chi connectivity index (χ3v) is 4.64. The summed E-state index contributed by atoms with van der Waals surface area (Å²) in [6, 6.07) is 0.187. The molecule has 0 aromatic carbocycles. The summed E-state index contributed by atoms with van der Waals surface area (Å²) in [6.45, 7) is 4.20. The van der Waals surface area contributed by atoms with Crippen LogP contribution in [0.1, 0.15) is 58.8 Å². The van der Waals surface area contributed by atoms with Crippen molar-refractivity contribution in [2.24, 2.45) is 5.92 Å². The zero-order valence-electron chi connectivity index (χ0n) is 12.2. The first-order chi connectivity index (χ1) is 9.01. The van der Waals surface area contributed by atoms with Crippen molar-refractivity contribution in [3.8, 4) is 0 Å². The summed E-state index contributed by atoms with van der Waals surface area (Å²) in [4.78, 5) is 12.3. The number of ether oxygens (including phenoxy) is 1. The predicted octanol–water partition coefficient (Wildman–Crippen LogP) is 2.00. The van der Waals surface area contributed by atoms with E-state index >= 15 is 0 Å². The Balaban J connectivity index is 1.88. The first kappa shape index (κ1) is 14.8. The zero-order valence-corrected chi connectivity index (χ0v) is 12.2. The fourth-order valence-electron chi connectivity index (χ4n) is 3.16. The molecular formula is C15H27NO3. The Morgan fingerprint density at radius 1 is 1.42 bits per heavy atom. The SMILES string of the molecule is C[C@@H](O)CC[C@]1(C)OC[C@@H](C2CCCCC2)NC1=O. The van der Waals surface area contributed by atoms with E-state index in [1.54, 1.807) is 6.92 Å². The molecule has 4 heteroatoms. The maximum atomic E-state index is 12.3. The van der Waals surface area contributed by atoms with Gasteiger partial charge in [0.15, 0.2) is 0 Å². The van der Waals surface area contributed by atoms with E-state index in [0.29, 0.717) is 25.4 Å². The number of aliphatic hydroxyl groups is 1. The molecule has 1 saturated carbocycles. The highest BCUT2D eigenvalue weighted by Crippen LogP contribution is 2.31. The fraction of sp³-hybridized carbons (Fsp3) is 0.933. The Morgan fingerprint density at radius 2 is 2.11 bits per heavy atom. The van der Waals surface area contributed by atoms with Crippen molar-refractivity contribution in [1.82, 2.24) is 5.32 Å². The van der Waals surface area contributed by atoms with Gasteiger partial charge in [0.25, 0.3) is 5.91 Å². The van der Waals surface area contributed by atoms with Crippen LogP contribution in [0.4, 0.5) is 0 Å². The molecule has 0 radical (unpaired) electrons. The molecule has 2 N–H and O–H groups in total. The summed E-state index contributed by atoms with van der Waals surface area (Å²) in [6.07, 6.45) is 7.07. The molecule has 1 amide bonds. The molecular weight excluding hydrogens is 242 g/mol. The van der Waals surface area contributed by atoms with Crippen LogP contribution >= 0.6 is 0 Å². The topological polar surface area (TPSA) is 58.6 Å². The second-order valence-electron chi connectivity index (χ2n) is 6.41. The number of nitrogens with one attached hydrogen (secondary N) is 1. The Morgan fingerprint density at radius 3 is 2.68 bits per heavy atom. The molecule has 19 heavy (non-hydrogen) atoms. The van der Waals surface area contributed by atoms with Gasteiger partial charge in [-0.1, -0.05) is 19.3 Å². The van der Waals surface area contributed by atoms with E-state index in [-0.39, 0.29) is 18.1 Å². The smallest absolute Gasteiger partial charge is 0.252 e. The second-order valence-corrected chi connectivity index (χ2v) is 6.41. The van der Waals surface area contributed by atoms with Crippen LogP contribution in [0, 0.1) is 5.92 Å². The van der Waals surface area contributed by atoms with Crippen molar-refractivity contribution >= 4 is 5.91 Å². The minimum absolute atomic E-state index is 0.00465. The van der Waals surface area contributed by atoms with Crippen molar-refractivity contribution in [1.29, 1.82) is 0 Å². The van der Waals surface area contributed by atoms with E-state index in [1.807, 2.05) is 6.92 Å². The molecule has 0 spiro atoms. The fourth-order valence-corrected chi connectivity index (χ4v) is 3.16. The molecule has 1 aliphatic heterocycles. The van der Waals surface area contributed by atoms with E-state index in [4.69, 9.17) is 4.74 Å². The predicted molar refractivity (Wildman–Crippen MR) is 73.8 cm³/mol. The van der Waals surface area contributed by atoms with E-state index < -0.39 is 5.60 Å². The lowest BCUT2D eigenvalue weighted by Crippen LogP contribution is -2.59. The molecule has 2 fully saturated rings. The van der Waals surface area contributed by atoms with Crippen molar-refractivity contribution in [2.45, 2.75) is 76.5 Å². The van der Waals surface area contributed by atoms with Gasteiger partial charge in [0.1, 0.15) is 5.60 Å². The first-order valence-corrected chi connectivity index (χ1v) is 7.64. The van der Waals surface area contributed by atoms with Crippen molar-refractivity contribution < 1.29 is 14.6 Å². The third kappa shape index (κ3) is 3.69. The molecule has 0 bridgehead atoms. The number of morpholine rings is 1. The Kier molecular flexibility index (Phi) is 4.85. The summed E-state index contributed by atoms with van der Waals surface area (Å²) in [7, 11) is 0. The molecule has 110 valence electrons. The lowest BCUT2D eigenvalue weighted by atomic mass is 9.82. The molecule has 2 rings (SSSR count). The van der Waals surface area contributed by atoms with Gasteiger partial charge in [-0.15, -0.1) is 0 Å². The largest absolute Gasteiger partial charge is 0.393 e. The van der Waals surface area contributed by atoms with Gasteiger partial charge in [-0.2, -0.15) is 0 Å². The summed E-state index contributed by atoms with van der Waals surface area (Å²) in [5, 5.41) is 12.5. The Bertz CT molecular complexity index is 313. The maximum absolute atomic E-state index is 12.3. The molecule has 3 atom stereocenters. The van der Waals surface area contributed by atoms with Crippen molar-refractivity contribution in [3.05, 3.63) is 0 Å². The van der Waals surface area contributed by atoms with Gasteiger partial charge < -0.3 is 15.2 Å². The van der Waals surface area contributed by atoms with Gasteiger partial charge in [0.2, 0.25) is 0 Å². The number of carbonyl (C=O) groups excluding carboxylic acids is 1. The number of hydrogen-bond donors (Lipinski definition) is 2. The monoisotopic (exact) mass is 269 g/mol. The number of rotatable bonds is 4. The molecule has 0 aromatic rings. The first-order valence-electron chi connectivity index (χ1n) is 7.64. The molecule has 1 heterocycles. The highest BCUT2D eigenvalue weighted by molar-refractivity contribution is 5.85. The highest BCUT2D eigenvalue weighted by Gasteiger charge is 2.41. The van der Waals surface area contributed by atoms with Gasteiger partial charge in [-0.25, -0.2) is 0 Å². The molecule has 1 aliphatic carbocycles. The van der Waals surface area contributed by atoms with Crippen LogP contribution in [0.15, 0.2) is 0 Å². The van der Waals surface area contributed by atoms with E-state index in [2.05, 4.69) is 5.32 Å². The third-order valence-electron chi connectivity index (χ3n) is 4.64. The van der Waals surface area contributed by atoms with Crippen LogP contribution < -0.4 is 5.32 Å². The lowest BCUT2D eigenvalue weighted by Gasteiger charge is -2.41. The second kappa shape index (κ2) is 6.23. The van der Waals surface area contributed by atoms with Crippen LogP contribution in [0.5, 0.6) is 0 Å². The maximum Gasteiger partial charge on any atom is 0.252 e. The van der Waals surface area contributed by atoms with Gasteiger partial charge >= 0.3 is 0 Å². The van der Waals surface area contributed by atoms with Crippen LogP contribution in [0.2, 0.25) is 0 Å². The summed E-state index contributed by atoms with van der Waals surface area (Å²) in [5.74, 6) is 0.578. The van der Waals surface area contributed by atoms with Crippen molar-refractivity contribution in [2.75, 3.05) is 6.61 Å². The van der Waals surface area contributed by atoms with Crippen LogP contribution in [-0.4, -0.2) is 35.4 Å². The van der Waals surface area contributed by atoms with Crippen LogP contribution in [-0.2, 0) is 9.53 Å². The average Bonchev–Trinajstić information content (AvgIpc) is 2.41. The average molecular weight is 269 g/mol. The molecule has 4 nitrogen and oxygen atoms in total. The molecule has 0 unspecified atom stereocenters. The molecule has 2 aliphatic rings. The highest BCUT2D eigenvalue weighted by atomic mass is 16.5. The van der Waals surface area contributed by atoms with Gasteiger partial charge in [-0.05, 0) is 45.4 Å². The van der Waals surface area contributed by atoms with E-state index in [0.717, 1.165) is 0 Å². The Hall–Kier alpha value is -0.610. The minimum Gasteiger partial charge on any atom is -0.393 e. The standard InChI is InChI=1S/C15H27NO3/c1-11(17)8-9-15(2)14(18)16-13(10-19-15)12-6-4-3-5-7-12/h11-13,17H,3-10H2,1-2H3,(H,16,18)/t11-,13+,15+/m1/s1. The van der Waals surface area contributed by atoms with E-state index in [9.17, 15) is 9.90 Å². The van der Waals surface area contributed by atoms with Crippen LogP contribution in [0.3, 0.4) is 0 Å². The normalized spacial score (nSPS) is 34.9. The summed E-state index contributed by atoms with van der Waals surface area (Å²) in [5.41, 5.74) is -0.762. The van der Waals surface area contributed by atoms with Gasteiger partial charge in [0, 0.05) is 0 Å². The summed E-state index contributed by atoms with van der Waals surface area (Å²) >= 11 is 0. The number of amides is 1. The number of aliphatic hydroxyl groups excluding tert-OH is 1. The summed E-state index contributed by atoms with van der Waals surface area (Å²) < 4.78 is 5.87. The minimum atomic E-state index is -0.762. The quantitative estimate of drug-likeness (QED) is 0.820. The molecule has 1 saturated heterocycles. The van der Waals surface area contributed by atoms with Crippen molar-refractivity contribution in [3.63, 3.8) is 0 Å². The van der Waals surface area contributed by atoms with E-state index in [1.165, 1.54) is 32.1 Å². The zero-order chi connectivity index (χ0) is 13.9. The van der Waals surface area contributed by atoms with Gasteiger partial charge in [0.05, 0.1) is 18.8 Å². The lowest BCUT2D eigenvalue weighted by molar-refractivity contribution is -0.160. The number of carbonyl (C=O) groups is 1. The molecule has 0 aromatic heterocycles. The van der Waals surface area contributed by atoms with Crippen LogP contribution in [0.25, 0.3) is 0 Å². The van der Waals surface area contributed by atoms with Gasteiger partial charge in [-0.3, -0.25) is 4.79 Å². The Labute approximate surface area is 115 Å². The number of hydrogen-bond acceptors (Lipinski definition) is 3.